The lowest BCUT2D eigenvalue weighted by Crippen LogP contribution is -2.02. The van der Waals surface area contributed by atoms with E-state index in [1.807, 2.05) is 54.6 Å². The van der Waals surface area contributed by atoms with E-state index in [4.69, 9.17) is 4.74 Å². The van der Waals surface area contributed by atoms with Crippen LogP contribution in [0.25, 0.3) is 10.9 Å². The molecule has 0 unspecified atom stereocenters. The summed E-state index contributed by atoms with van der Waals surface area (Å²) in [5, 5.41) is 1.03. The van der Waals surface area contributed by atoms with Gasteiger partial charge in [-0.1, -0.05) is 30.3 Å². The number of hydrogen-bond acceptors (Lipinski definition) is 4. The zero-order chi connectivity index (χ0) is 16.8. The largest absolute Gasteiger partial charge is 0.489 e. The Bertz CT molecular complexity index is 831. The lowest BCUT2D eigenvalue weighted by atomic mass is 10.1. The third kappa shape index (κ3) is 4.10. The number of fused-ring (bicyclic) bond motifs is 1. The number of nitrogens with zero attached hydrogens (tertiary/aromatic N) is 1. The maximum absolute atomic E-state index is 11.2. The Morgan fingerprint density at radius 1 is 1.04 bits per heavy atom. The summed E-state index contributed by atoms with van der Waals surface area (Å²) in [4.78, 5) is 15.7. The van der Waals surface area contributed by atoms with Crippen molar-refractivity contribution in [2.24, 2.45) is 0 Å². The molecule has 0 saturated heterocycles. The van der Waals surface area contributed by atoms with Gasteiger partial charge < -0.3 is 9.47 Å². The average Bonchev–Trinajstić information content (AvgIpc) is 2.65. The molecule has 0 atom stereocenters. The number of aryl methyl sites for hydroxylation is 1. The second kappa shape index (κ2) is 7.59. The van der Waals surface area contributed by atoms with Gasteiger partial charge in [0.25, 0.3) is 0 Å². The smallest absolute Gasteiger partial charge is 0.305 e. The minimum Gasteiger partial charge on any atom is -0.489 e. The van der Waals surface area contributed by atoms with Gasteiger partial charge in [0.2, 0.25) is 0 Å². The van der Waals surface area contributed by atoms with Crippen LogP contribution in [0.3, 0.4) is 0 Å². The van der Waals surface area contributed by atoms with Crippen molar-refractivity contribution >= 4 is 16.9 Å². The fourth-order valence-corrected chi connectivity index (χ4v) is 2.46. The fourth-order valence-electron chi connectivity index (χ4n) is 2.46. The zero-order valence-corrected chi connectivity index (χ0v) is 13.6. The molecule has 0 bridgehead atoms. The summed E-state index contributed by atoms with van der Waals surface area (Å²) in [5.74, 6) is 0.584. The third-order valence-electron chi connectivity index (χ3n) is 3.81. The highest BCUT2D eigenvalue weighted by Crippen LogP contribution is 2.21. The third-order valence-corrected chi connectivity index (χ3v) is 3.81. The van der Waals surface area contributed by atoms with Crippen LogP contribution in [0.1, 0.15) is 17.5 Å². The molecular formula is C20H19NO3. The summed E-state index contributed by atoms with van der Waals surface area (Å²) >= 11 is 0. The minimum absolute atomic E-state index is 0.209. The second-order valence-electron chi connectivity index (χ2n) is 5.55. The fraction of sp³-hybridized carbons (Fsp3) is 0.200. The number of hydrogen-bond donors (Lipinski definition) is 0. The van der Waals surface area contributed by atoms with Crippen molar-refractivity contribution in [2.75, 3.05) is 7.11 Å². The van der Waals surface area contributed by atoms with Gasteiger partial charge >= 0.3 is 5.97 Å². The highest BCUT2D eigenvalue weighted by Gasteiger charge is 2.04. The molecule has 0 amide bonds. The van der Waals surface area contributed by atoms with Crippen LogP contribution in [-0.4, -0.2) is 18.1 Å². The van der Waals surface area contributed by atoms with Crippen LogP contribution in [0.15, 0.2) is 60.8 Å². The van der Waals surface area contributed by atoms with Gasteiger partial charge in [0.15, 0.2) is 0 Å². The molecule has 3 rings (SSSR count). The van der Waals surface area contributed by atoms with Gasteiger partial charge in [-0.15, -0.1) is 0 Å². The van der Waals surface area contributed by atoms with E-state index in [9.17, 15) is 4.79 Å². The van der Waals surface area contributed by atoms with E-state index in [0.29, 0.717) is 19.4 Å². The molecule has 0 spiro atoms. The maximum atomic E-state index is 11.2. The van der Waals surface area contributed by atoms with Crippen molar-refractivity contribution in [2.45, 2.75) is 19.4 Å². The van der Waals surface area contributed by atoms with Crippen molar-refractivity contribution in [1.82, 2.24) is 4.98 Å². The topological polar surface area (TPSA) is 48.4 Å². The van der Waals surface area contributed by atoms with Crippen LogP contribution >= 0.6 is 0 Å². The Morgan fingerprint density at radius 3 is 2.67 bits per heavy atom. The number of benzene rings is 2. The Labute approximate surface area is 141 Å². The van der Waals surface area contributed by atoms with E-state index in [2.05, 4.69) is 9.72 Å². The normalized spacial score (nSPS) is 10.5. The van der Waals surface area contributed by atoms with E-state index in [0.717, 1.165) is 27.8 Å². The van der Waals surface area contributed by atoms with Crippen molar-refractivity contribution in [3.05, 3.63) is 71.9 Å². The number of pyridine rings is 1. The monoisotopic (exact) mass is 321 g/mol. The Morgan fingerprint density at radius 2 is 1.88 bits per heavy atom. The van der Waals surface area contributed by atoms with Crippen LogP contribution in [-0.2, 0) is 22.6 Å². The predicted molar refractivity (Wildman–Crippen MR) is 92.9 cm³/mol. The molecule has 1 aromatic heterocycles. The molecule has 122 valence electrons. The quantitative estimate of drug-likeness (QED) is 0.646. The highest BCUT2D eigenvalue weighted by atomic mass is 16.5. The number of ether oxygens (including phenoxy) is 2. The first kappa shape index (κ1) is 16.0. The highest BCUT2D eigenvalue weighted by molar-refractivity contribution is 5.80. The molecule has 0 fully saturated rings. The first-order valence-corrected chi connectivity index (χ1v) is 7.87. The van der Waals surface area contributed by atoms with Crippen molar-refractivity contribution in [3.63, 3.8) is 0 Å². The maximum Gasteiger partial charge on any atom is 0.305 e. The van der Waals surface area contributed by atoms with Gasteiger partial charge in [0.05, 0.1) is 12.6 Å². The summed E-state index contributed by atoms with van der Waals surface area (Å²) in [5.41, 5.74) is 3.02. The van der Waals surface area contributed by atoms with Gasteiger partial charge in [0, 0.05) is 24.1 Å². The molecule has 0 saturated carbocycles. The van der Waals surface area contributed by atoms with E-state index >= 15 is 0 Å². The molecule has 4 heteroatoms. The summed E-state index contributed by atoms with van der Waals surface area (Å²) < 4.78 is 10.5. The Hall–Kier alpha value is -2.88. The Balaban J connectivity index is 1.68. The lowest BCUT2D eigenvalue weighted by Gasteiger charge is -2.08. The summed E-state index contributed by atoms with van der Waals surface area (Å²) in [6.07, 6.45) is 2.79. The molecular weight excluding hydrogens is 302 g/mol. The first-order valence-electron chi connectivity index (χ1n) is 7.87. The molecule has 0 N–H and O–H groups in total. The number of esters is 1. The van der Waals surface area contributed by atoms with Crippen LogP contribution in [0.5, 0.6) is 5.75 Å². The van der Waals surface area contributed by atoms with E-state index in [-0.39, 0.29) is 5.97 Å². The van der Waals surface area contributed by atoms with Crippen molar-refractivity contribution in [1.29, 1.82) is 0 Å². The molecule has 1 heterocycles. The molecule has 3 aromatic rings. The molecule has 0 aliphatic carbocycles. The van der Waals surface area contributed by atoms with Gasteiger partial charge in [-0.3, -0.25) is 9.78 Å². The number of carbonyl (C=O) groups is 1. The standard InChI is InChI=1S/C20H19NO3/c1-23-20(22)10-7-16-11-17-8-9-18(12-19(17)21-13-16)24-14-15-5-3-2-4-6-15/h2-6,8-9,11-13H,7,10,14H2,1H3. The SMILES string of the molecule is COC(=O)CCc1cnc2cc(OCc3ccccc3)ccc2c1. The average molecular weight is 321 g/mol. The van der Waals surface area contributed by atoms with Gasteiger partial charge in [0.1, 0.15) is 12.4 Å². The summed E-state index contributed by atoms with van der Waals surface area (Å²) in [7, 11) is 1.40. The second-order valence-corrected chi connectivity index (χ2v) is 5.55. The number of rotatable bonds is 6. The lowest BCUT2D eigenvalue weighted by molar-refractivity contribution is -0.140. The molecule has 0 radical (unpaired) electrons. The van der Waals surface area contributed by atoms with Crippen LogP contribution < -0.4 is 4.74 Å². The number of aromatic nitrogens is 1. The molecule has 2 aromatic carbocycles. The minimum atomic E-state index is -0.209. The van der Waals surface area contributed by atoms with Crippen LogP contribution in [0.2, 0.25) is 0 Å². The molecule has 0 aliphatic heterocycles. The van der Waals surface area contributed by atoms with Gasteiger partial charge in [-0.05, 0) is 35.7 Å². The van der Waals surface area contributed by atoms with Crippen LogP contribution in [0, 0.1) is 0 Å². The summed E-state index contributed by atoms with van der Waals surface area (Å²) in [6.45, 7) is 0.531. The number of carbonyl (C=O) groups excluding carboxylic acids is 1. The number of methoxy groups -OCH3 is 1. The van der Waals surface area contributed by atoms with Gasteiger partial charge in [-0.2, -0.15) is 0 Å². The molecule has 0 aliphatic rings. The van der Waals surface area contributed by atoms with Crippen LogP contribution in [0.4, 0.5) is 0 Å². The van der Waals surface area contributed by atoms with Gasteiger partial charge in [-0.25, -0.2) is 0 Å². The molecule has 4 nitrogen and oxygen atoms in total. The van der Waals surface area contributed by atoms with E-state index in [1.54, 1.807) is 6.20 Å². The molecule has 24 heavy (non-hydrogen) atoms. The summed E-state index contributed by atoms with van der Waals surface area (Å²) in [6, 6.07) is 18.0. The van der Waals surface area contributed by atoms with Crippen molar-refractivity contribution in [3.8, 4) is 5.75 Å². The Kier molecular flexibility index (Phi) is 5.06. The van der Waals surface area contributed by atoms with Crippen molar-refractivity contribution < 1.29 is 14.3 Å². The van der Waals surface area contributed by atoms with E-state index < -0.39 is 0 Å². The van der Waals surface area contributed by atoms with E-state index in [1.165, 1.54) is 7.11 Å². The zero-order valence-electron chi connectivity index (χ0n) is 13.6. The first-order chi connectivity index (χ1) is 11.7. The predicted octanol–water partition coefficient (Wildman–Crippen LogP) is 3.92.